The van der Waals surface area contributed by atoms with E-state index >= 15 is 0 Å². The van der Waals surface area contributed by atoms with Gasteiger partial charge < -0.3 is 40.5 Å². The molecule has 0 saturated heterocycles. The molecule has 9 heteroatoms. The first-order valence-corrected chi connectivity index (χ1v) is 15.6. The highest BCUT2D eigenvalue weighted by Crippen LogP contribution is 2.17. The minimum atomic E-state index is 0. The third kappa shape index (κ3) is 13.1. The fourth-order valence-electron chi connectivity index (χ4n) is 4.66. The molecule has 6 rings (SSSR count). The Hall–Kier alpha value is -4.62. The first kappa shape index (κ1) is 40.6. The number of aromatic nitrogens is 2. The zero-order valence-corrected chi connectivity index (χ0v) is 29.4. The number of hydrogen-bond acceptors (Lipinski definition) is 2. The summed E-state index contributed by atoms with van der Waals surface area (Å²) in [6.07, 6.45) is 16.1. The molecule has 0 spiro atoms. The predicted molar refractivity (Wildman–Crippen MR) is 192 cm³/mol. The lowest BCUT2D eigenvalue weighted by molar-refractivity contribution is -0.688. The highest BCUT2D eigenvalue weighted by molar-refractivity contribution is 6.31. The third-order valence-corrected chi connectivity index (χ3v) is 7.87. The van der Waals surface area contributed by atoms with E-state index in [1.54, 1.807) is 24.3 Å². The Morgan fingerprint density at radius 1 is 0.449 bits per heavy atom. The lowest BCUT2D eigenvalue weighted by atomic mass is 10.1. The molecular formula is C40H36Cl4N2O3. The maximum Gasteiger partial charge on any atom is 0.175 e. The zero-order valence-electron chi connectivity index (χ0n) is 26.4. The molecule has 0 fully saturated rings. The maximum atomic E-state index is 9.46. The molecule has 6 aromatic rings. The van der Waals surface area contributed by atoms with Crippen LogP contribution in [0.4, 0.5) is 0 Å². The van der Waals surface area contributed by atoms with Crippen LogP contribution >= 0.6 is 23.2 Å². The topological polar surface area (TPSA) is 79.7 Å². The molecule has 0 atom stereocenters. The molecule has 0 unspecified atom stereocenters. The molecule has 4 aromatic carbocycles. The van der Waals surface area contributed by atoms with Gasteiger partial charge in [0.25, 0.3) is 0 Å². The first-order chi connectivity index (χ1) is 22.4. The van der Waals surface area contributed by atoms with E-state index in [9.17, 15) is 10.2 Å². The third-order valence-electron chi connectivity index (χ3n) is 7.13. The summed E-state index contributed by atoms with van der Waals surface area (Å²) in [7, 11) is 0. The Bertz CT molecular complexity index is 1800. The van der Waals surface area contributed by atoms with E-state index in [0.717, 1.165) is 56.5 Å². The normalized spacial score (nSPS) is 10.3. The molecule has 2 heterocycles. The number of pyridine rings is 2. The summed E-state index contributed by atoms with van der Waals surface area (Å²) in [5, 5.41) is 20.5. The number of aromatic hydroxyl groups is 2. The average molecular weight is 735 g/mol. The molecule has 4 N–H and O–H groups in total. The van der Waals surface area contributed by atoms with Gasteiger partial charge in [-0.1, -0.05) is 108 Å². The van der Waals surface area contributed by atoms with Crippen LogP contribution in [-0.2, 0) is 13.1 Å². The lowest BCUT2D eigenvalue weighted by Crippen LogP contribution is -3.00. The summed E-state index contributed by atoms with van der Waals surface area (Å²) in [6, 6.07) is 38.3. The molecule has 252 valence electrons. The van der Waals surface area contributed by atoms with Gasteiger partial charge in [0.2, 0.25) is 0 Å². The van der Waals surface area contributed by atoms with Gasteiger partial charge in [-0.2, -0.15) is 0 Å². The van der Waals surface area contributed by atoms with E-state index in [4.69, 9.17) is 23.2 Å². The maximum absolute atomic E-state index is 9.46. The van der Waals surface area contributed by atoms with Gasteiger partial charge in [-0.05, 0) is 58.7 Å². The van der Waals surface area contributed by atoms with Crippen molar-refractivity contribution >= 4 is 47.5 Å². The standard InChI is InChI=1S/2C20H16ClNO.2ClH.H2O/c2*21-20-7-2-1-5-18(20)15-22-12-10-16(11-13-22)8-9-17-4-3-6-19(23)14-17;;;/h2*1-14H,15H2;2*1H;1H2/b2*9-8+;;;. The summed E-state index contributed by atoms with van der Waals surface area (Å²) < 4.78 is 4.18. The molecule has 0 aliphatic heterocycles. The molecule has 2 aromatic heterocycles. The number of halogens is 4. The van der Waals surface area contributed by atoms with Crippen molar-refractivity contribution in [1.82, 2.24) is 0 Å². The summed E-state index contributed by atoms with van der Waals surface area (Å²) in [5.74, 6) is 0.551. The Balaban J connectivity index is 0.000000321. The number of hydrogen-bond donors (Lipinski definition) is 2. The van der Waals surface area contributed by atoms with Crippen LogP contribution in [0.1, 0.15) is 33.4 Å². The molecule has 0 amide bonds. The first-order valence-electron chi connectivity index (χ1n) is 14.8. The van der Waals surface area contributed by atoms with Crippen LogP contribution in [0.25, 0.3) is 24.3 Å². The summed E-state index contributed by atoms with van der Waals surface area (Å²) in [6.45, 7) is 1.49. The van der Waals surface area contributed by atoms with Crippen LogP contribution in [0.2, 0.25) is 10.0 Å². The second-order valence-electron chi connectivity index (χ2n) is 10.6. The molecular weight excluding hydrogens is 698 g/mol. The quantitative estimate of drug-likeness (QED) is 0.236. The van der Waals surface area contributed by atoms with Crippen LogP contribution in [-0.4, -0.2) is 15.7 Å². The Morgan fingerprint density at radius 2 is 0.796 bits per heavy atom. The van der Waals surface area contributed by atoms with Crippen molar-refractivity contribution in [2.24, 2.45) is 0 Å². The molecule has 0 aliphatic carbocycles. The summed E-state index contributed by atoms with van der Waals surface area (Å²) in [5.41, 5.74) is 6.34. The fraction of sp³-hybridized carbons (Fsp3) is 0.0500. The molecule has 5 nitrogen and oxygen atoms in total. The minimum absolute atomic E-state index is 0. The van der Waals surface area contributed by atoms with Crippen molar-refractivity contribution in [3.8, 4) is 11.5 Å². The van der Waals surface area contributed by atoms with E-state index in [0.29, 0.717) is 0 Å². The van der Waals surface area contributed by atoms with Gasteiger partial charge in [0.05, 0.1) is 10.0 Å². The number of benzene rings is 4. The lowest BCUT2D eigenvalue weighted by Gasteiger charge is -2.01. The van der Waals surface area contributed by atoms with Gasteiger partial charge in [-0.25, -0.2) is 9.13 Å². The monoisotopic (exact) mass is 732 g/mol. The van der Waals surface area contributed by atoms with Crippen molar-refractivity contribution in [2.75, 3.05) is 0 Å². The van der Waals surface area contributed by atoms with Gasteiger partial charge in [-0.3, -0.25) is 0 Å². The molecule has 0 saturated carbocycles. The van der Waals surface area contributed by atoms with E-state index < -0.39 is 0 Å². The van der Waals surface area contributed by atoms with Gasteiger partial charge in [0, 0.05) is 35.4 Å². The van der Waals surface area contributed by atoms with Crippen LogP contribution in [0.15, 0.2) is 146 Å². The van der Waals surface area contributed by atoms with Crippen LogP contribution in [0.3, 0.4) is 0 Å². The van der Waals surface area contributed by atoms with E-state index in [2.05, 4.69) is 33.4 Å². The second kappa shape index (κ2) is 20.7. The highest BCUT2D eigenvalue weighted by atomic mass is 35.5. The Kier molecular flexibility index (Phi) is 17.1. The summed E-state index contributed by atoms with van der Waals surface area (Å²) >= 11 is 12.4. The number of phenols is 2. The van der Waals surface area contributed by atoms with Crippen molar-refractivity contribution in [3.63, 3.8) is 0 Å². The van der Waals surface area contributed by atoms with E-state index in [1.807, 2.05) is 122 Å². The number of phenolic OH excluding ortho intramolecular Hbond substituents is 2. The second-order valence-corrected chi connectivity index (χ2v) is 11.5. The molecule has 0 aliphatic rings. The highest BCUT2D eigenvalue weighted by Gasteiger charge is 2.07. The zero-order chi connectivity index (χ0) is 32.1. The van der Waals surface area contributed by atoms with Gasteiger partial charge in [0.1, 0.15) is 11.5 Å². The minimum Gasteiger partial charge on any atom is -1.00 e. The summed E-state index contributed by atoms with van der Waals surface area (Å²) in [4.78, 5) is 0. The SMILES string of the molecule is O.Oc1cccc(/C=C/c2cc[n+](Cc3ccccc3Cl)cc2)c1.Oc1cccc(/C=C/c2cc[n+](Cc3ccccc3Cl)cc2)c1.[Cl-].[Cl-]. The van der Waals surface area contributed by atoms with Crippen LogP contribution in [0, 0.1) is 0 Å². The van der Waals surface area contributed by atoms with Gasteiger partial charge in [0.15, 0.2) is 37.9 Å². The number of nitrogens with zero attached hydrogens (tertiary/aromatic N) is 2. The van der Waals surface area contributed by atoms with E-state index in [1.165, 1.54) is 0 Å². The van der Waals surface area contributed by atoms with Crippen LogP contribution in [0.5, 0.6) is 11.5 Å². The van der Waals surface area contributed by atoms with Gasteiger partial charge in [-0.15, -0.1) is 0 Å². The van der Waals surface area contributed by atoms with Crippen molar-refractivity contribution in [1.29, 1.82) is 0 Å². The van der Waals surface area contributed by atoms with Gasteiger partial charge >= 0.3 is 0 Å². The molecule has 0 bridgehead atoms. The molecule has 49 heavy (non-hydrogen) atoms. The smallest absolute Gasteiger partial charge is 0.175 e. The van der Waals surface area contributed by atoms with Crippen molar-refractivity contribution in [3.05, 3.63) is 190 Å². The largest absolute Gasteiger partial charge is 1.00 e. The average Bonchev–Trinajstić information content (AvgIpc) is 3.07. The molecule has 0 radical (unpaired) electrons. The predicted octanol–water partition coefficient (Wildman–Crippen LogP) is 2.29. The van der Waals surface area contributed by atoms with Crippen molar-refractivity contribution < 1.29 is 49.6 Å². The van der Waals surface area contributed by atoms with Crippen molar-refractivity contribution in [2.45, 2.75) is 13.1 Å². The van der Waals surface area contributed by atoms with Crippen LogP contribution < -0.4 is 33.9 Å². The Morgan fingerprint density at radius 3 is 1.14 bits per heavy atom. The Labute approximate surface area is 309 Å². The fourth-order valence-corrected chi connectivity index (χ4v) is 5.05. The van der Waals surface area contributed by atoms with E-state index in [-0.39, 0.29) is 41.8 Å². The number of rotatable bonds is 8.